The van der Waals surface area contributed by atoms with E-state index in [1.807, 2.05) is 6.92 Å². The fourth-order valence-corrected chi connectivity index (χ4v) is 1.14. The lowest BCUT2D eigenvalue weighted by Gasteiger charge is -2.11. The van der Waals surface area contributed by atoms with Gasteiger partial charge in [0.05, 0.1) is 12.6 Å². The molecule has 0 saturated heterocycles. The monoisotopic (exact) mass is 226 g/mol. The van der Waals surface area contributed by atoms with Crippen LogP contribution in [-0.4, -0.2) is 28.7 Å². The number of carbonyl (C=O) groups is 1. The summed E-state index contributed by atoms with van der Waals surface area (Å²) in [4.78, 5) is 11.5. The van der Waals surface area contributed by atoms with Gasteiger partial charge in [0.25, 0.3) is 0 Å². The summed E-state index contributed by atoms with van der Waals surface area (Å²) in [5.74, 6) is 1.01. The molecule has 2 N–H and O–H groups in total. The van der Waals surface area contributed by atoms with Crippen molar-refractivity contribution < 1.29 is 9.21 Å². The maximum absolute atomic E-state index is 11.5. The molecule has 0 saturated carbocycles. The average molecular weight is 226 g/mol. The van der Waals surface area contributed by atoms with Gasteiger partial charge in [-0.15, -0.1) is 10.2 Å². The van der Waals surface area contributed by atoms with Gasteiger partial charge in [-0.25, -0.2) is 0 Å². The molecule has 1 aromatic rings. The Morgan fingerprint density at radius 1 is 1.50 bits per heavy atom. The van der Waals surface area contributed by atoms with Crippen molar-refractivity contribution in [2.75, 3.05) is 6.54 Å². The van der Waals surface area contributed by atoms with Crippen LogP contribution in [0, 0.1) is 6.92 Å². The SMILES string of the molecule is CCCNC(=O)C(C)NCc1nnc(C)o1. The third kappa shape index (κ3) is 3.98. The summed E-state index contributed by atoms with van der Waals surface area (Å²) in [5.41, 5.74) is 0. The van der Waals surface area contributed by atoms with Gasteiger partial charge in [0, 0.05) is 13.5 Å². The fourth-order valence-electron chi connectivity index (χ4n) is 1.14. The summed E-state index contributed by atoms with van der Waals surface area (Å²) in [5, 5.41) is 13.3. The van der Waals surface area contributed by atoms with Gasteiger partial charge in [-0.05, 0) is 13.3 Å². The number of aryl methyl sites for hydroxylation is 1. The molecule has 0 spiro atoms. The number of nitrogens with zero attached hydrogens (tertiary/aromatic N) is 2. The molecule has 16 heavy (non-hydrogen) atoms. The van der Waals surface area contributed by atoms with Crippen LogP contribution in [0.1, 0.15) is 32.0 Å². The molecule has 0 radical (unpaired) electrons. The summed E-state index contributed by atoms with van der Waals surface area (Å²) in [6.45, 7) is 6.65. The van der Waals surface area contributed by atoms with Gasteiger partial charge in [-0.1, -0.05) is 6.92 Å². The van der Waals surface area contributed by atoms with Crippen LogP contribution in [0.2, 0.25) is 0 Å². The number of amides is 1. The van der Waals surface area contributed by atoms with Gasteiger partial charge >= 0.3 is 0 Å². The van der Waals surface area contributed by atoms with Crippen LogP contribution in [0.15, 0.2) is 4.42 Å². The zero-order chi connectivity index (χ0) is 12.0. The van der Waals surface area contributed by atoms with Gasteiger partial charge in [0.2, 0.25) is 17.7 Å². The molecule has 90 valence electrons. The van der Waals surface area contributed by atoms with Gasteiger partial charge in [-0.3, -0.25) is 10.1 Å². The highest BCUT2D eigenvalue weighted by atomic mass is 16.4. The fraction of sp³-hybridized carbons (Fsp3) is 0.700. The molecule has 1 unspecified atom stereocenters. The smallest absolute Gasteiger partial charge is 0.236 e. The Morgan fingerprint density at radius 3 is 2.81 bits per heavy atom. The van der Waals surface area contributed by atoms with Crippen molar-refractivity contribution in [1.29, 1.82) is 0 Å². The Labute approximate surface area is 94.8 Å². The van der Waals surface area contributed by atoms with Crippen molar-refractivity contribution in [2.24, 2.45) is 0 Å². The van der Waals surface area contributed by atoms with Crippen molar-refractivity contribution >= 4 is 5.91 Å². The minimum absolute atomic E-state index is 0.0157. The van der Waals surface area contributed by atoms with Crippen LogP contribution in [0.3, 0.4) is 0 Å². The second-order valence-electron chi connectivity index (χ2n) is 3.61. The Bertz CT molecular complexity index is 337. The molecule has 0 aromatic carbocycles. The molecule has 6 heteroatoms. The van der Waals surface area contributed by atoms with Crippen LogP contribution in [-0.2, 0) is 11.3 Å². The highest BCUT2D eigenvalue weighted by Gasteiger charge is 2.12. The molecule has 1 atom stereocenters. The van der Waals surface area contributed by atoms with Crippen molar-refractivity contribution in [2.45, 2.75) is 39.8 Å². The highest BCUT2D eigenvalue weighted by Crippen LogP contribution is 1.97. The van der Waals surface area contributed by atoms with Gasteiger partial charge in [0.15, 0.2) is 0 Å². The zero-order valence-electron chi connectivity index (χ0n) is 9.91. The van der Waals surface area contributed by atoms with Gasteiger partial charge in [0.1, 0.15) is 0 Å². The number of carbonyl (C=O) groups excluding carboxylic acids is 1. The molecule has 0 fully saturated rings. The Balaban J connectivity index is 2.29. The number of rotatable bonds is 6. The molecule has 6 nitrogen and oxygen atoms in total. The minimum Gasteiger partial charge on any atom is -0.424 e. The Morgan fingerprint density at radius 2 is 2.25 bits per heavy atom. The quantitative estimate of drug-likeness (QED) is 0.733. The van der Waals surface area contributed by atoms with E-state index in [1.165, 1.54) is 0 Å². The normalized spacial score (nSPS) is 12.4. The standard InChI is InChI=1S/C10H18N4O2/c1-4-5-11-10(15)7(2)12-6-9-14-13-8(3)16-9/h7,12H,4-6H2,1-3H3,(H,11,15). The summed E-state index contributed by atoms with van der Waals surface area (Å²) in [6.07, 6.45) is 0.932. The first-order chi connectivity index (χ1) is 7.63. The van der Waals surface area contributed by atoms with Crippen molar-refractivity contribution in [3.63, 3.8) is 0 Å². The summed E-state index contributed by atoms with van der Waals surface area (Å²) >= 11 is 0. The van der Waals surface area contributed by atoms with E-state index in [0.29, 0.717) is 24.9 Å². The van der Waals surface area contributed by atoms with E-state index in [4.69, 9.17) is 4.42 Å². The molecule has 1 aromatic heterocycles. The van der Waals surface area contributed by atoms with Crippen molar-refractivity contribution in [3.05, 3.63) is 11.8 Å². The number of nitrogens with one attached hydrogen (secondary N) is 2. The van der Waals surface area contributed by atoms with E-state index in [2.05, 4.69) is 20.8 Å². The second-order valence-corrected chi connectivity index (χ2v) is 3.61. The lowest BCUT2D eigenvalue weighted by molar-refractivity contribution is -0.122. The minimum atomic E-state index is -0.265. The molecule has 0 aliphatic rings. The van der Waals surface area contributed by atoms with E-state index in [0.717, 1.165) is 6.42 Å². The molecule has 0 bridgehead atoms. The summed E-state index contributed by atoms with van der Waals surface area (Å²) in [6, 6.07) is -0.265. The van der Waals surface area contributed by atoms with E-state index >= 15 is 0 Å². The summed E-state index contributed by atoms with van der Waals surface area (Å²) < 4.78 is 5.18. The molecule has 1 rings (SSSR count). The average Bonchev–Trinajstić information content (AvgIpc) is 2.68. The van der Waals surface area contributed by atoms with E-state index in [9.17, 15) is 4.79 Å². The third-order valence-corrected chi connectivity index (χ3v) is 2.07. The first kappa shape index (κ1) is 12.6. The lowest BCUT2D eigenvalue weighted by Crippen LogP contribution is -2.42. The largest absolute Gasteiger partial charge is 0.424 e. The summed E-state index contributed by atoms with van der Waals surface area (Å²) in [7, 11) is 0. The highest BCUT2D eigenvalue weighted by molar-refractivity contribution is 5.81. The van der Waals surface area contributed by atoms with Crippen molar-refractivity contribution in [3.8, 4) is 0 Å². The predicted molar refractivity (Wildman–Crippen MR) is 58.6 cm³/mol. The molecule has 0 aliphatic heterocycles. The number of hydrogen-bond donors (Lipinski definition) is 2. The molecular formula is C10H18N4O2. The lowest BCUT2D eigenvalue weighted by atomic mass is 10.3. The van der Waals surface area contributed by atoms with E-state index < -0.39 is 0 Å². The zero-order valence-corrected chi connectivity index (χ0v) is 9.91. The maximum Gasteiger partial charge on any atom is 0.236 e. The van der Waals surface area contributed by atoms with Crippen LogP contribution < -0.4 is 10.6 Å². The second kappa shape index (κ2) is 6.22. The van der Waals surface area contributed by atoms with Crippen LogP contribution >= 0.6 is 0 Å². The maximum atomic E-state index is 11.5. The van der Waals surface area contributed by atoms with Crippen LogP contribution in [0.4, 0.5) is 0 Å². The topological polar surface area (TPSA) is 80.0 Å². The van der Waals surface area contributed by atoms with E-state index in [-0.39, 0.29) is 11.9 Å². The third-order valence-electron chi connectivity index (χ3n) is 2.07. The number of hydrogen-bond acceptors (Lipinski definition) is 5. The first-order valence-corrected chi connectivity index (χ1v) is 5.43. The van der Waals surface area contributed by atoms with E-state index in [1.54, 1.807) is 13.8 Å². The molecular weight excluding hydrogens is 208 g/mol. The Hall–Kier alpha value is -1.43. The van der Waals surface area contributed by atoms with Gasteiger partial charge in [-0.2, -0.15) is 0 Å². The molecule has 0 aliphatic carbocycles. The predicted octanol–water partition coefficient (Wildman–Crippen LogP) is 0.382. The first-order valence-electron chi connectivity index (χ1n) is 5.43. The Kier molecular flexibility index (Phi) is 4.91. The van der Waals surface area contributed by atoms with Crippen LogP contribution in [0.25, 0.3) is 0 Å². The van der Waals surface area contributed by atoms with Gasteiger partial charge < -0.3 is 9.73 Å². The molecule has 1 amide bonds. The van der Waals surface area contributed by atoms with Crippen molar-refractivity contribution in [1.82, 2.24) is 20.8 Å². The number of aromatic nitrogens is 2. The molecule has 1 heterocycles. The van der Waals surface area contributed by atoms with Crippen LogP contribution in [0.5, 0.6) is 0 Å².